The highest BCUT2D eigenvalue weighted by Gasteiger charge is 1.87. The van der Waals surface area contributed by atoms with Crippen LogP contribution in [0.1, 0.15) is 51.9 Å². The zero-order chi connectivity index (χ0) is 7.66. The summed E-state index contributed by atoms with van der Waals surface area (Å²) in [6, 6.07) is 1.51. The van der Waals surface area contributed by atoms with Crippen LogP contribution in [-0.2, 0) is 0 Å². The van der Waals surface area contributed by atoms with Gasteiger partial charge in [0.15, 0.2) is 0 Å². The summed E-state index contributed by atoms with van der Waals surface area (Å²) in [5, 5.41) is 0. The zero-order valence-electron chi connectivity index (χ0n) is 7.66. The highest BCUT2D eigenvalue weighted by Crippen LogP contribution is 2.07. The lowest BCUT2D eigenvalue weighted by atomic mass is 10.1. The van der Waals surface area contributed by atoms with E-state index in [0.717, 1.165) is 0 Å². The molecule has 0 saturated carbocycles. The fourth-order valence-corrected chi connectivity index (χ4v) is 1.71. The standard InChI is InChI=1S/C9H22Si/c1-2-3-4-5-6-7-8-9-10/h2-9H2,1,10H3. The molecule has 0 aliphatic rings. The highest BCUT2D eigenvalue weighted by atomic mass is 28.1. The average Bonchev–Trinajstić information content (AvgIpc) is 1.97. The molecule has 0 rings (SSSR count). The summed E-state index contributed by atoms with van der Waals surface area (Å²) >= 11 is 0. The van der Waals surface area contributed by atoms with E-state index in [-0.39, 0.29) is 0 Å². The van der Waals surface area contributed by atoms with Crippen molar-refractivity contribution >= 4 is 10.2 Å². The van der Waals surface area contributed by atoms with E-state index in [1.165, 1.54) is 61.2 Å². The second-order valence-corrected chi connectivity index (χ2v) is 4.12. The highest BCUT2D eigenvalue weighted by molar-refractivity contribution is 6.08. The molecule has 62 valence electrons. The van der Waals surface area contributed by atoms with Crippen LogP contribution >= 0.6 is 0 Å². The van der Waals surface area contributed by atoms with Crippen molar-refractivity contribution in [1.82, 2.24) is 0 Å². The minimum absolute atomic E-state index is 1.38. The van der Waals surface area contributed by atoms with Gasteiger partial charge in [-0.2, -0.15) is 0 Å². The number of unbranched alkanes of at least 4 members (excludes halogenated alkanes) is 6. The Labute approximate surface area is 68.8 Å². The van der Waals surface area contributed by atoms with Crippen LogP contribution < -0.4 is 0 Å². The smallest absolute Gasteiger partial charge is 0.00279 e. The molecule has 0 N–H and O–H groups in total. The fraction of sp³-hybridized carbons (Fsp3) is 1.00. The van der Waals surface area contributed by atoms with E-state index in [9.17, 15) is 0 Å². The molecule has 0 radical (unpaired) electrons. The van der Waals surface area contributed by atoms with Crippen LogP contribution in [0.4, 0.5) is 0 Å². The van der Waals surface area contributed by atoms with Crippen molar-refractivity contribution in [3.63, 3.8) is 0 Å². The molecule has 0 heterocycles. The Morgan fingerprint density at radius 1 is 0.800 bits per heavy atom. The molecular weight excluding hydrogens is 136 g/mol. The van der Waals surface area contributed by atoms with Crippen LogP contribution in [0.3, 0.4) is 0 Å². The third-order valence-electron chi connectivity index (χ3n) is 1.96. The summed E-state index contributed by atoms with van der Waals surface area (Å²) < 4.78 is 0. The lowest BCUT2D eigenvalue weighted by Gasteiger charge is -1.97. The van der Waals surface area contributed by atoms with E-state index in [4.69, 9.17) is 0 Å². The van der Waals surface area contributed by atoms with E-state index in [2.05, 4.69) is 6.92 Å². The molecule has 0 spiro atoms. The predicted octanol–water partition coefficient (Wildman–Crippen LogP) is 2.52. The molecule has 0 saturated heterocycles. The van der Waals surface area contributed by atoms with E-state index >= 15 is 0 Å². The number of rotatable bonds is 7. The third-order valence-corrected chi connectivity index (χ3v) is 2.66. The summed E-state index contributed by atoms with van der Waals surface area (Å²) in [5.74, 6) is 0. The van der Waals surface area contributed by atoms with Gasteiger partial charge < -0.3 is 0 Å². The number of hydrogen-bond acceptors (Lipinski definition) is 0. The Morgan fingerprint density at radius 3 is 1.80 bits per heavy atom. The van der Waals surface area contributed by atoms with Gasteiger partial charge in [0.05, 0.1) is 0 Å². The van der Waals surface area contributed by atoms with Crippen molar-refractivity contribution in [1.29, 1.82) is 0 Å². The van der Waals surface area contributed by atoms with Crippen LogP contribution in [0.25, 0.3) is 0 Å². The molecule has 10 heavy (non-hydrogen) atoms. The first-order valence-electron chi connectivity index (χ1n) is 4.91. The van der Waals surface area contributed by atoms with Gasteiger partial charge in [0.25, 0.3) is 0 Å². The van der Waals surface area contributed by atoms with Gasteiger partial charge in [-0.15, -0.1) is 0 Å². The first kappa shape index (κ1) is 10.2. The van der Waals surface area contributed by atoms with Crippen LogP contribution in [0, 0.1) is 0 Å². The SMILES string of the molecule is CCCCCCCCC[SiH3]. The normalized spacial score (nSPS) is 10.5. The molecule has 0 fully saturated rings. The molecule has 0 bridgehead atoms. The monoisotopic (exact) mass is 158 g/mol. The lowest BCUT2D eigenvalue weighted by Crippen LogP contribution is -1.78. The molecule has 0 unspecified atom stereocenters. The summed E-state index contributed by atoms with van der Waals surface area (Å²) in [6.07, 6.45) is 10.3. The van der Waals surface area contributed by atoms with E-state index in [1.54, 1.807) is 0 Å². The van der Waals surface area contributed by atoms with Crippen molar-refractivity contribution in [2.45, 2.75) is 57.9 Å². The minimum Gasteiger partial charge on any atom is -0.0658 e. The van der Waals surface area contributed by atoms with Crippen LogP contribution in [0.15, 0.2) is 0 Å². The molecule has 0 aliphatic carbocycles. The van der Waals surface area contributed by atoms with Gasteiger partial charge in [-0.05, 0) is 0 Å². The molecular formula is C9H22Si. The Bertz CT molecular complexity index is 44.7. The summed E-state index contributed by atoms with van der Waals surface area (Å²) in [6.45, 7) is 2.28. The fourth-order valence-electron chi connectivity index (χ4n) is 1.21. The maximum atomic E-state index is 2.28. The summed E-state index contributed by atoms with van der Waals surface area (Å²) in [7, 11) is 1.41. The molecule has 0 aromatic carbocycles. The second kappa shape index (κ2) is 9.22. The average molecular weight is 158 g/mol. The van der Waals surface area contributed by atoms with E-state index in [1.807, 2.05) is 0 Å². The maximum absolute atomic E-state index is 2.28. The van der Waals surface area contributed by atoms with Crippen molar-refractivity contribution in [3.05, 3.63) is 0 Å². The molecule has 0 aromatic heterocycles. The molecule has 1 heteroatoms. The van der Waals surface area contributed by atoms with Crippen LogP contribution in [0.5, 0.6) is 0 Å². The van der Waals surface area contributed by atoms with Crippen molar-refractivity contribution in [3.8, 4) is 0 Å². The van der Waals surface area contributed by atoms with E-state index in [0.29, 0.717) is 0 Å². The Hall–Kier alpha value is 0.217. The van der Waals surface area contributed by atoms with Gasteiger partial charge in [-0.1, -0.05) is 57.9 Å². The van der Waals surface area contributed by atoms with Gasteiger partial charge in [-0.3, -0.25) is 0 Å². The van der Waals surface area contributed by atoms with Crippen molar-refractivity contribution < 1.29 is 0 Å². The lowest BCUT2D eigenvalue weighted by molar-refractivity contribution is 0.602. The predicted molar refractivity (Wildman–Crippen MR) is 52.7 cm³/mol. The molecule has 0 aromatic rings. The molecule has 0 atom stereocenters. The molecule has 0 nitrogen and oxygen atoms in total. The van der Waals surface area contributed by atoms with Crippen molar-refractivity contribution in [2.24, 2.45) is 0 Å². The number of hydrogen-bond donors (Lipinski definition) is 0. The molecule has 0 amide bonds. The minimum atomic E-state index is 1.38. The zero-order valence-corrected chi connectivity index (χ0v) is 9.66. The van der Waals surface area contributed by atoms with Crippen molar-refractivity contribution in [2.75, 3.05) is 0 Å². The van der Waals surface area contributed by atoms with Crippen LogP contribution in [-0.4, -0.2) is 10.2 Å². The summed E-state index contributed by atoms with van der Waals surface area (Å²) in [5.41, 5.74) is 0. The molecule has 0 aliphatic heterocycles. The largest absolute Gasteiger partial charge is 0.0658 e. The van der Waals surface area contributed by atoms with Gasteiger partial charge >= 0.3 is 0 Å². The Morgan fingerprint density at radius 2 is 1.30 bits per heavy atom. The first-order chi connectivity index (χ1) is 4.91. The quantitative estimate of drug-likeness (QED) is 0.394. The van der Waals surface area contributed by atoms with Gasteiger partial charge in [0, 0.05) is 10.2 Å². The Balaban J connectivity index is 2.65. The van der Waals surface area contributed by atoms with Gasteiger partial charge in [0.2, 0.25) is 0 Å². The van der Waals surface area contributed by atoms with Crippen LogP contribution in [0.2, 0.25) is 6.04 Å². The first-order valence-corrected chi connectivity index (χ1v) is 6.33. The van der Waals surface area contributed by atoms with Gasteiger partial charge in [0.1, 0.15) is 0 Å². The van der Waals surface area contributed by atoms with Gasteiger partial charge in [-0.25, -0.2) is 0 Å². The van der Waals surface area contributed by atoms with E-state index < -0.39 is 0 Å². The maximum Gasteiger partial charge on any atom is 0.00279 e. The second-order valence-electron chi connectivity index (χ2n) is 3.12. The topological polar surface area (TPSA) is 0 Å². The third kappa shape index (κ3) is 8.22. The summed E-state index contributed by atoms with van der Waals surface area (Å²) in [4.78, 5) is 0. The Kier molecular flexibility index (Phi) is 9.42.